The van der Waals surface area contributed by atoms with Gasteiger partial charge in [-0.25, -0.2) is 4.79 Å². The number of thioether (sulfide) groups is 1. The Morgan fingerprint density at radius 3 is 2.48 bits per heavy atom. The van der Waals surface area contributed by atoms with Gasteiger partial charge in [0, 0.05) is 16.5 Å². The molecule has 1 unspecified atom stereocenters. The van der Waals surface area contributed by atoms with Gasteiger partial charge < -0.3 is 10.1 Å². The van der Waals surface area contributed by atoms with Crippen LogP contribution < -0.4 is 5.32 Å². The molecule has 132 valence electrons. The zero-order valence-corrected chi connectivity index (χ0v) is 16.0. The number of ether oxygens (including phenoxy) is 1. The van der Waals surface area contributed by atoms with Crippen molar-refractivity contribution in [2.24, 2.45) is 0 Å². The van der Waals surface area contributed by atoms with E-state index in [0.29, 0.717) is 22.2 Å². The van der Waals surface area contributed by atoms with Crippen molar-refractivity contribution < 1.29 is 14.3 Å². The first-order valence-corrected chi connectivity index (χ1v) is 9.11. The van der Waals surface area contributed by atoms with Crippen LogP contribution in [-0.4, -0.2) is 24.2 Å². The third kappa shape index (κ3) is 5.66. The molecule has 2 aromatic carbocycles. The van der Waals surface area contributed by atoms with Crippen LogP contribution in [0.3, 0.4) is 0 Å². The Morgan fingerprint density at radius 1 is 1.16 bits per heavy atom. The molecule has 1 N–H and O–H groups in total. The molecule has 0 aliphatic heterocycles. The number of benzene rings is 2. The fourth-order valence-electron chi connectivity index (χ4n) is 2.02. The average molecular weight is 398 g/mol. The first kappa shape index (κ1) is 19.6. The summed E-state index contributed by atoms with van der Waals surface area (Å²) in [5.41, 5.74) is 1.36. The Labute approximate surface area is 160 Å². The van der Waals surface area contributed by atoms with Gasteiger partial charge in [-0.2, -0.15) is 0 Å². The summed E-state index contributed by atoms with van der Waals surface area (Å²) in [6.45, 7) is 2.17. The van der Waals surface area contributed by atoms with E-state index >= 15 is 0 Å². The summed E-state index contributed by atoms with van der Waals surface area (Å²) in [5, 5.41) is 3.67. The molecule has 0 bridgehead atoms. The summed E-state index contributed by atoms with van der Waals surface area (Å²) in [6.07, 6.45) is 0. The van der Waals surface area contributed by atoms with Crippen LogP contribution in [0.5, 0.6) is 0 Å². The summed E-state index contributed by atoms with van der Waals surface area (Å²) in [7, 11) is 1.34. The lowest BCUT2D eigenvalue weighted by atomic mass is 10.1. The molecule has 4 nitrogen and oxygen atoms in total. The summed E-state index contributed by atoms with van der Waals surface area (Å²) in [4.78, 5) is 24.4. The predicted octanol–water partition coefficient (Wildman–Crippen LogP) is 4.58. The number of rotatable bonds is 6. The van der Waals surface area contributed by atoms with Gasteiger partial charge in [-0.05, 0) is 42.8 Å². The largest absolute Gasteiger partial charge is 0.465 e. The lowest BCUT2D eigenvalue weighted by Crippen LogP contribution is -2.30. The highest BCUT2D eigenvalue weighted by Crippen LogP contribution is 2.32. The van der Waals surface area contributed by atoms with E-state index in [9.17, 15) is 9.59 Å². The van der Waals surface area contributed by atoms with Gasteiger partial charge in [0.15, 0.2) is 0 Å². The minimum Gasteiger partial charge on any atom is -0.465 e. The molecule has 2 aromatic rings. The second-order valence-electron chi connectivity index (χ2n) is 5.24. The molecule has 1 atom stereocenters. The Morgan fingerprint density at radius 2 is 1.84 bits per heavy atom. The first-order chi connectivity index (χ1) is 11.9. The van der Waals surface area contributed by atoms with Crippen molar-refractivity contribution in [1.29, 1.82) is 0 Å². The predicted molar refractivity (Wildman–Crippen MR) is 101 cm³/mol. The lowest BCUT2D eigenvalue weighted by molar-refractivity contribution is -0.120. The SMILES string of the molecule is COC(=O)c1ccc(CNC(=O)C(C)Sc2cc(Cl)ccc2Cl)cc1. The second-order valence-corrected chi connectivity index (χ2v) is 7.47. The normalized spacial score (nSPS) is 11.7. The zero-order chi connectivity index (χ0) is 18.4. The van der Waals surface area contributed by atoms with Crippen LogP contribution in [0.4, 0.5) is 0 Å². The molecule has 25 heavy (non-hydrogen) atoms. The maximum absolute atomic E-state index is 12.3. The van der Waals surface area contributed by atoms with Gasteiger partial charge in [0.25, 0.3) is 0 Å². The van der Waals surface area contributed by atoms with E-state index in [1.54, 1.807) is 49.4 Å². The molecule has 0 saturated carbocycles. The smallest absolute Gasteiger partial charge is 0.337 e. The monoisotopic (exact) mass is 397 g/mol. The second kappa shape index (κ2) is 9.13. The Bertz CT molecular complexity index is 765. The Hall–Kier alpha value is -1.69. The van der Waals surface area contributed by atoms with E-state index in [1.807, 2.05) is 0 Å². The van der Waals surface area contributed by atoms with Crippen molar-refractivity contribution in [3.05, 3.63) is 63.6 Å². The Kier molecular flexibility index (Phi) is 7.17. The number of nitrogens with one attached hydrogen (secondary N) is 1. The van der Waals surface area contributed by atoms with Gasteiger partial charge >= 0.3 is 5.97 Å². The average Bonchev–Trinajstić information content (AvgIpc) is 2.62. The van der Waals surface area contributed by atoms with Crippen molar-refractivity contribution >= 4 is 46.8 Å². The summed E-state index contributed by atoms with van der Waals surface area (Å²) < 4.78 is 4.65. The van der Waals surface area contributed by atoms with Gasteiger partial charge in [-0.3, -0.25) is 4.79 Å². The van der Waals surface area contributed by atoms with Crippen LogP contribution in [0, 0.1) is 0 Å². The van der Waals surface area contributed by atoms with Crippen LogP contribution in [0.25, 0.3) is 0 Å². The van der Waals surface area contributed by atoms with E-state index in [2.05, 4.69) is 10.1 Å². The molecule has 0 spiro atoms. The number of hydrogen-bond donors (Lipinski definition) is 1. The van der Waals surface area contributed by atoms with Crippen molar-refractivity contribution in [3.63, 3.8) is 0 Å². The number of methoxy groups -OCH3 is 1. The standard InChI is InChI=1S/C18H17Cl2NO3S/c1-11(25-16-9-14(19)7-8-15(16)20)17(22)21-10-12-3-5-13(6-4-12)18(23)24-2/h3-9,11H,10H2,1-2H3,(H,21,22). The van der Waals surface area contributed by atoms with Crippen molar-refractivity contribution in [3.8, 4) is 0 Å². The van der Waals surface area contributed by atoms with E-state index in [1.165, 1.54) is 18.9 Å². The van der Waals surface area contributed by atoms with E-state index in [-0.39, 0.29) is 17.1 Å². The van der Waals surface area contributed by atoms with Crippen molar-refractivity contribution in [2.45, 2.75) is 23.6 Å². The molecule has 0 saturated heterocycles. The fraction of sp³-hybridized carbons (Fsp3) is 0.222. The summed E-state index contributed by atoms with van der Waals surface area (Å²) in [6, 6.07) is 12.0. The molecule has 0 aliphatic rings. The van der Waals surface area contributed by atoms with E-state index in [4.69, 9.17) is 23.2 Å². The van der Waals surface area contributed by atoms with Gasteiger partial charge in [-0.1, -0.05) is 35.3 Å². The van der Waals surface area contributed by atoms with Gasteiger partial charge in [0.2, 0.25) is 5.91 Å². The quantitative estimate of drug-likeness (QED) is 0.572. The molecule has 0 fully saturated rings. The lowest BCUT2D eigenvalue weighted by Gasteiger charge is -2.13. The molecule has 1 amide bonds. The van der Waals surface area contributed by atoms with Gasteiger partial charge in [0.1, 0.15) is 0 Å². The molecule has 2 rings (SSSR count). The minimum atomic E-state index is -0.390. The van der Waals surface area contributed by atoms with Gasteiger partial charge in [-0.15, -0.1) is 11.8 Å². The maximum atomic E-state index is 12.3. The first-order valence-electron chi connectivity index (χ1n) is 7.47. The van der Waals surface area contributed by atoms with E-state index in [0.717, 1.165) is 10.5 Å². The molecular formula is C18H17Cl2NO3S. The highest BCUT2D eigenvalue weighted by atomic mass is 35.5. The molecule has 0 aromatic heterocycles. The number of halogens is 2. The number of carbonyl (C=O) groups excluding carboxylic acids is 2. The Balaban J connectivity index is 1.91. The minimum absolute atomic E-state index is 0.113. The molecule has 7 heteroatoms. The summed E-state index contributed by atoms with van der Waals surface area (Å²) >= 11 is 13.4. The highest BCUT2D eigenvalue weighted by molar-refractivity contribution is 8.00. The molecule has 0 radical (unpaired) electrons. The van der Waals surface area contributed by atoms with Gasteiger partial charge in [0.05, 0.1) is 22.9 Å². The van der Waals surface area contributed by atoms with Crippen molar-refractivity contribution in [1.82, 2.24) is 5.32 Å². The van der Waals surface area contributed by atoms with E-state index < -0.39 is 0 Å². The summed E-state index contributed by atoms with van der Waals surface area (Å²) in [5.74, 6) is -0.503. The number of esters is 1. The van der Waals surface area contributed by atoms with Crippen LogP contribution >= 0.6 is 35.0 Å². The number of amides is 1. The van der Waals surface area contributed by atoms with Crippen LogP contribution in [0.15, 0.2) is 47.4 Å². The maximum Gasteiger partial charge on any atom is 0.337 e. The van der Waals surface area contributed by atoms with Crippen LogP contribution in [0.2, 0.25) is 10.0 Å². The number of hydrogen-bond acceptors (Lipinski definition) is 4. The van der Waals surface area contributed by atoms with Crippen molar-refractivity contribution in [2.75, 3.05) is 7.11 Å². The highest BCUT2D eigenvalue weighted by Gasteiger charge is 2.16. The topological polar surface area (TPSA) is 55.4 Å². The zero-order valence-electron chi connectivity index (χ0n) is 13.7. The molecule has 0 aliphatic carbocycles. The third-order valence-electron chi connectivity index (χ3n) is 3.41. The molecule has 0 heterocycles. The van der Waals surface area contributed by atoms with Crippen LogP contribution in [-0.2, 0) is 16.1 Å². The molecular weight excluding hydrogens is 381 g/mol. The third-order valence-corrected chi connectivity index (χ3v) is 5.24. The fourth-order valence-corrected chi connectivity index (χ4v) is 3.46. The number of carbonyl (C=O) groups is 2. The van der Waals surface area contributed by atoms with Crippen LogP contribution in [0.1, 0.15) is 22.8 Å².